The van der Waals surface area contributed by atoms with Crippen molar-refractivity contribution < 1.29 is 0 Å². The quantitative estimate of drug-likeness (QED) is 0.609. The summed E-state index contributed by atoms with van der Waals surface area (Å²) >= 11 is 14.3. The van der Waals surface area contributed by atoms with Gasteiger partial charge in [-0.25, -0.2) is 0 Å². The van der Waals surface area contributed by atoms with Crippen LogP contribution in [-0.2, 0) is 6.42 Å². The van der Waals surface area contributed by atoms with E-state index in [1.54, 1.807) is 0 Å². The third kappa shape index (κ3) is 5.30. The number of rotatable bonds is 8. The van der Waals surface area contributed by atoms with Gasteiger partial charge in [-0.3, -0.25) is 0 Å². The molecule has 0 saturated carbocycles. The Bertz CT molecular complexity index is 540. The van der Waals surface area contributed by atoms with Crippen LogP contribution in [0.15, 0.2) is 35.7 Å². The second-order valence-corrected chi connectivity index (χ2v) is 7.02. The van der Waals surface area contributed by atoms with Gasteiger partial charge in [0.25, 0.3) is 0 Å². The number of benzene rings is 1. The maximum absolute atomic E-state index is 6.35. The minimum atomic E-state index is 0.274. The lowest BCUT2D eigenvalue weighted by molar-refractivity contribution is 0.485. The first-order valence-corrected chi connectivity index (χ1v) is 9.05. The van der Waals surface area contributed by atoms with Crippen molar-refractivity contribution in [3.05, 3.63) is 56.2 Å². The van der Waals surface area contributed by atoms with Crippen molar-refractivity contribution >= 4 is 34.5 Å². The van der Waals surface area contributed by atoms with Gasteiger partial charge in [-0.15, -0.1) is 11.3 Å². The highest BCUT2D eigenvalue weighted by molar-refractivity contribution is 7.09. The van der Waals surface area contributed by atoms with Gasteiger partial charge >= 0.3 is 0 Å². The molecule has 1 heterocycles. The molecule has 4 heteroatoms. The lowest BCUT2D eigenvalue weighted by Gasteiger charge is -2.20. The van der Waals surface area contributed by atoms with Gasteiger partial charge in [-0.1, -0.05) is 36.2 Å². The predicted molar refractivity (Wildman–Crippen MR) is 94.8 cm³/mol. The second-order valence-electron chi connectivity index (χ2n) is 5.14. The largest absolute Gasteiger partial charge is 0.310 e. The van der Waals surface area contributed by atoms with E-state index in [4.69, 9.17) is 23.2 Å². The molecule has 21 heavy (non-hydrogen) atoms. The average molecular weight is 342 g/mol. The van der Waals surface area contributed by atoms with Crippen LogP contribution in [0.4, 0.5) is 0 Å². The van der Waals surface area contributed by atoms with Gasteiger partial charge in [0.1, 0.15) is 0 Å². The molecule has 0 amide bonds. The summed E-state index contributed by atoms with van der Waals surface area (Å²) in [6, 6.07) is 10.3. The Labute approximate surface area is 141 Å². The Morgan fingerprint density at radius 1 is 1.24 bits per heavy atom. The van der Waals surface area contributed by atoms with E-state index in [0.717, 1.165) is 47.8 Å². The molecular formula is C17H21Cl2NS. The molecule has 114 valence electrons. The van der Waals surface area contributed by atoms with Crippen molar-refractivity contribution in [2.45, 2.75) is 38.6 Å². The van der Waals surface area contributed by atoms with E-state index in [1.165, 1.54) is 4.88 Å². The lowest BCUT2D eigenvalue weighted by Crippen LogP contribution is -2.22. The van der Waals surface area contributed by atoms with E-state index >= 15 is 0 Å². The van der Waals surface area contributed by atoms with Crippen LogP contribution in [0.25, 0.3) is 0 Å². The third-order valence-electron chi connectivity index (χ3n) is 3.47. The van der Waals surface area contributed by atoms with E-state index in [2.05, 4.69) is 29.8 Å². The van der Waals surface area contributed by atoms with Crippen molar-refractivity contribution in [3.63, 3.8) is 0 Å². The van der Waals surface area contributed by atoms with E-state index < -0.39 is 0 Å². The molecule has 2 aromatic rings. The number of nitrogens with one attached hydrogen (secondary N) is 1. The first-order chi connectivity index (χ1) is 10.2. The first-order valence-electron chi connectivity index (χ1n) is 7.41. The summed E-state index contributed by atoms with van der Waals surface area (Å²) < 4.78 is 0. The van der Waals surface area contributed by atoms with Crippen LogP contribution in [0.5, 0.6) is 0 Å². The molecule has 0 bridgehead atoms. The molecule has 1 aromatic carbocycles. The van der Waals surface area contributed by atoms with Crippen LogP contribution >= 0.6 is 34.5 Å². The SMILES string of the molecule is CCCNC(CCCc1cccs1)c1cc(Cl)ccc1Cl. The van der Waals surface area contributed by atoms with Gasteiger partial charge in [0.05, 0.1) is 0 Å². The Balaban J connectivity index is 2.01. The van der Waals surface area contributed by atoms with E-state index in [0.29, 0.717) is 0 Å². The highest BCUT2D eigenvalue weighted by Crippen LogP contribution is 2.29. The maximum atomic E-state index is 6.35. The van der Waals surface area contributed by atoms with Gasteiger partial charge in [-0.2, -0.15) is 0 Å². The molecule has 0 aliphatic carbocycles. The molecule has 1 nitrogen and oxygen atoms in total. The summed E-state index contributed by atoms with van der Waals surface area (Å²) in [4.78, 5) is 1.45. The zero-order valence-corrected chi connectivity index (χ0v) is 14.6. The molecule has 0 aliphatic heterocycles. The van der Waals surface area contributed by atoms with Gasteiger partial charge in [0, 0.05) is 21.0 Å². The van der Waals surface area contributed by atoms with Crippen LogP contribution in [0.2, 0.25) is 10.0 Å². The molecule has 1 N–H and O–H groups in total. The third-order valence-corrected chi connectivity index (χ3v) is 4.99. The summed E-state index contributed by atoms with van der Waals surface area (Å²) in [5, 5.41) is 7.27. The molecular weight excluding hydrogens is 321 g/mol. The fourth-order valence-electron chi connectivity index (χ4n) is 2.40. The molecule has 0 spiro atoms. The lowest BCUT2D eigenvalue weighted by atomic mass is 10.0. The monoisotopic (exact) mass is 341 g/mol. The molecule has 0 saturated heterocycles. The zero-order valence-electron chi connectivity index (χ0n) is 12.2. The molecule has 1 unspecified atom stereocenters. The minimum Gasteiger partial charge on any atom is -0.310 e. The van der Waals surface area contributed by atoms with Gasteiger partial charge in [0.15, 0.2) is 0 Å². The first kappa shape index (κ1) is 16.8. The minimum absolute atomic E-state index is 0.274. The molecule has 1 atom stereocenters. The maximum Gasteiger partial charge on any atom is 0.0454 e. The number of thiophene rings is 1. The van der Waals surface area contributed by atoms with E-state index in [9.17, 15) is 0 Å². The standard InChI is InChI=1S/C17H21Cl2NS/c1-2-10-20-17(7-3-5-14-6-4-11-21-14)15-12-13(18)8-9-16(15)19/h4,6,8-9,11-12,17,20H,2-3,5,7,10H2,1H3. The highest BCUT2D eigenvalue weighted by atomic mass is 35.5. The van der Waals surface area contributed by atoms with Gasteiger partial charge in [0.2, 0.25) is 0 Å². The Kier molecular flexibility index (Phi) is 7.05. The van der Waals surface area contributed by atoms with Crippen molar-refractivity contribution in [1.82, 2.24) is 5.32 Å². The second kappa shape index (κ2) is 8.79. The summed E-state index contributed by atoms with van der Waals surface area (Å²) in [6.07, 6.45) is 4.45. The number of aryl methyl sites for hydroxylation is 1. The van der Waals surface area contributed by atoms with Crippen LogP contribution in [0, 0.1) is 0 Å². The number of hydrogen-bond acceptors (Lipinski definition) is 2. The van der Waals surface area contributed by atoms with Crippen molar-refractivity contribution in [2.75, 3.05) is 6.54 Å². The Morgan fingerprint density at radius 3 is 2.81 bits per heavy atom. The fourth-order valence-corrected chi connectivity index (χ4v) is 3.58. The van der Waals surface area contributed by atoms with Gasteiger partial charge < -0.3 is 5.32 Å². The predicted octanol–water partition coefficient (Wildman–Crippen LogP) is 6.12. The van der Waals surface area contributed by atoms with Crippen LogP contribution in [-0.4, -0.2) is 6.54 Å². The topological polar surface area (TPSA) is 12.0 Å². The number of halogens is 2. The fraction of sp³-hybridized carbons (Fsp3) is 0.412. The van der Waals surface area contributed by atoms with Gasteiger partial charge in [-0.05, 0) is 67.4 Å². The summed E-state index contributed by atoms with van der Waals surface area (Å²) in [5.74, 6) is 0. The Morgan fingerprint density at radius 2 is 2.10 bits per heavy atom. The summed E-state index contributed by atoms with van der Waals surface area (Å²) in [6.45, 7) is 3.17. The summed E-state index contributed by atoms with van der Waals surface area (Å²) in [7, 11) is 0. The van der Waals surface area contributed by atoms with E-state index in [-0.39, 0.29) is 6.04 Å². The zero-order chi connectivity index (χ0) is 15.1. The average Bonchev–Trinajstić information content (AvgIpc) is 2.99. The normalized spacial score (nSPS) is 12.5. The van der Waals surface area contributed by atoms with Crippen LogP contribution in [0.3, 0.4) is 0 Å². The molecule has 2 rings (SSSR count). The Hall–Kier alpha value is -0.540. The smallest absolute Gasteiger partial charge is 0.0454 e. The summed E-state index contributed by atoms with van der Waals surface area (Å²) in [5.41, 5.74) is 1.11. The molecule has 0 fully saturated rings. The van der Waals surface area contributed by atoms with Crippen molar-refractivity contribution in [3.8, 4) is 0 Å². The van der Waals surface area contributed by atoms with Crippen molar-refractivity contribution in [1.29, 1.82) is 0 Å². The van der Waals surface area contributed by atoms with E-state index in [1.807, 2.05) is 29.5 Å². The van der Waals surface area contributed by atoms with Crippen molar-refractivity contribution in [2.24, 2.45) is 0 Å². The molecule has 0 aliphatic rings. The molecule has 0 radical (unpaired) electrons. The van der Waals surface area contributed by atoms with Crippen LogP contribution < -0.4 is 5.32 Å². The highest BCUT2D eigenvalue weighted by Gasteiger charge is 2.14. The van der Waals surface area contributed by atoms with Crippen LogP contribution in [0.1, 0.15) is 42.7 Å². The molecule has 1 aromatic heterocycles. The number of hydrogen-bond donors (Lipinski definition) is 1.